The lowest BCUT2D eigenvalue weighted by molar-refractivity contribution is 1.01. The van der Waals surface area contributed by atoms with Crippen LogP contribution in [0.4, 0.5) is 0 Å². The zero-order valence-electron chi connectivity index (χ0n) is 28.1. The maximum atomic E-state index is 5.46. The van der Waals surface area contributed by atoms with Gasteiger partial charge in [-0.05, 0) is 76.5 Å². The van der Waals surface area contributed by atoms with Crippen LogP contribution in [0.3, 0.4) is 0 Å². The Labute approximate surface area is 299 Å². The molecule has 3 heterocycles. The summed E-state index contributed by atoms with van der Waals surface area (Å²) in [6.07, 6.45) is 0. The minimum atomic E-state index is 0.652. The van der Waals surface area contributed by atoms with Crippen molar-refractivity contribution in [3.8, 4) is 34.0 Å². The zero-order valence-corrected chi connectivity index (χ0v) is 28.1. The van der Waals surface area contributed by atoms with E-state index in [1.807, 2.05) is 0 Å². The number of benzene rings is 8. The number of nitrogens with zero attached hydrogens (tertiary/aromatic N) is 4. The van der Waals surface area contributed by atoms with E-state index >= 15 is 0 Å². The monoisotopic (exact) mass is 662 g/mol. The Bertz CT molecular complexity index is 3130. The fourth-order valence-electron chi connectivity index (χ4n) is 8.10. The fourth-order valence-corrected chi connectivity index (χ4v) is 8.10. The number of hydrogen-bond donors (Lipinski definition) is 0. The Morgan fingerprint density at radius 2 is 0.923 bits per heavy atom. The molecule has 0 radical (unpaired) electrons. The van der Waals surface area contributed by atoms with Crippen molar-refractivity contribution in [1.29, 1.82) is 0 Å². The molecule has 11 aromatic rings. The summed E-state index contributed by atoms with van der Waals surface area (Å²) >= 11 is 0. The number of para-hydroxylation sites is 3. The molecule has 0 N–H and O–H groups in total. The van der Waals surface area contributed by atoms with Crippen LogP contribution in [0.25, 0.3) is 99.3 Å². The van der Waals surface area contributed by atoms with Gasteiger partial charge in [0.15, 0.2) is 0 Å². The number of fused-ring (bicyclic) bond motifs is 8. The van der Waals surface area contributed by atoms with E-state index in [9.17, 15) is 0 Å². The number of hydrogen-bond acceptors (Lipinski definition) is 2. The third-order valence-corrected chi connectivity index (χ3v) is 10.5. The summed E-state index contributed by atoms with van der Waals surface area (Å²) in [7, 11) is 0. The molecule has 0 saturated heterocycles. The quantitative estimate of drug-likeness (QED) is 0.188. The molecule has 11 rings (SSSR count). The van der Waals surface area contributed by atoms with E-state index in [-0.39, 0.29) is 0 Å². The Morgan fingerprint density at radius 3 is 1.67 bits per heavy atom. The molecule has 4 nitrogen and oxygen atoms in total. The van der Waals surface area contributed by atoms with E-state index in [2.05, 4.69) is 191 Å². The van der Waals surface area contributed by atoms with Crippen molar-refractivity contribution in [3.63, 3.8) is 0 Å². The first-order valence-electron chi connectivity index (χ1n) is 17.7. The predicted octanol–water partition coefficient (Wildman–Crippen LogP) is 12.3. The summed E-state index contributed by atoms with van der Waals surface area (Å²) in [6.45, 7) is 0. The SMILES string of the molecule is c1ccc(-c2ccc3nc(-n4c5ccccc5c5cc(-n6c7ccccc7c7ccccc76)ccc54)nc(-c4ccc5ccccc5c4)c3c2)cc1. The summed E-state index contributed by atoms with van der Waals surface area (Å²) < 4.78 is 4.61. The van der Waals surface area contributed by atoms with Crippen LogP contribution < -0.4 is 0 Å². The van der Waals surface area contributed by atoms with Gasteiger partial charge >= 0.3 is 0 Å². The highest BCUT2D eigenvalue weighted by Gasteiger charge is 2.20. The van der Waals surface area contributed by atoms with Gasteiger partial charge < -0.3 is 4.57 Å². The number of aromatic nitrogens is 4. The van der Waals surface area contributed by atoms with Crippen LogP contribution in [-0.2, 0) is 0 Å². The molecule has 4 heteroatoms. The van der Waals surface area contributed by atoms with Gasteiger partial charge in [0.2, 0.25) is 5.95 Å². The molecule has 242 valence electrons. The second-order valence-corrected chi connectivity index (χ2v) is 13.5. The van der Waals surface area contributed by atoms with E-state index in [0.29, 0.717) is 5.95 Å². The van der Waals surface area contributed by atoms with Crippen LogP contribution in [0.1, 0.15) is 0 Å². The second-order valence-electron chi connectivity index (χ2n) is 13.5. The van der Waals surface area contributed by atoms with Crippen molar-refractivity contribution in [3.05, 3.63) is 182 Å². The molecule has 52 heavy (non-hydrogen) atoms. The summed E-state index contributed by atoms with van der Waals surface area (Å²) in [4.78, 5) is 10.8. The molecule has 0 unspecified atom stereocenters. The average molecular weight is 663 g/mol. The highest BCUT2D eigenvalue weighted by atomic mass is 15.2. The summed E-state index contributed by atoms with van der Waals surface area (Å²) in [5.74, 6) is 0.652. The Balaban J connectivity index is 1.17. The minimum absolute atomic E-state index is 0.652. The summed E-state index contributed by atoms with van der Waals surface area (Å²) in [6, 6.07) is 64.9. The highest BCUT2D eigenvalue weighted by molar-refractivity contribution is 6.12. The van der Waals surface area contributed by atoms with Crippen LogP contribution in [-0.4, -0.2) is 19.1 Å². The van der Waals surface area contributed by atoms with Gasteiger partial charge in [-0.1, -0.05) is 127 Å². The van der Waals surface area contributed by atoms with Crippen LogP contribution in [0, 0.1) is 0 Å². The first-order valence-corrected chi connectivity index (χ1v) is 17.7. The van der Waals surface area contributed by atoms with Crippen molar-refractivity contribution < 1.29 is 0 Å². The van der Waals surface area contributed by atoms with E-state index in [1.165, 1.54) is 38.1 Å². The predicted molar refractivity (Wildman–Crippen MR) is 217 cm³/mol. The molecule has 0 atom stereocenters. The molecule has 0 aliphatic heterocycles. The topological polar surface area (TPSA) is 35.6 Å². The maximum Gasteiger partial charge on any atom is 0.235 e. The van der Waals surface area contributed by atoms with Crippen LogP contribution >= 0.6 is 0 Å². The van der Waals surface area contributed by atoms with Crippen molar-refractivity contribution in [2.75, 3.05) is 0 Å². The molecule has 0 aliphatic carbocycles. The molecule has 8 aromatic carbocycles. The van der Waals surface area contributed by atoms with E-state index in [0.717, 1.165) is 55.2 Å². The molecule has 0 spiro atoms. The van der Waals surface area contributed by atoms with E-state index in [1.54, 1.807) is 0 Å². The van der Waals surface area contributed by atoms with Gasteiger partial charge in [-0.2, -0.15) is 0 Å². The van der Waals surface area contributed by atoms with E-state index < -0.39 is 0 Å². The normalized spacial score (nSPS) is 11.8. The lowest BCUT2D eigenvalue weighted by Gasteiger charge is -2.14. The van der Waals surface area contributed by atoms with Crippen molar-refractivity contribution in [1.82, 2.24) is 19.1 Å². The van der Waals surface area contributed by atoms with Crippen molar-refractivity contribution >= 4 is 65.3 Å². The van der Waals surface area contributed by atoms with Gasteiger partial charge in [0.25, 0.3) is 0 Å². The molecule has 0 amide bonds. The summed E-state index contributed by atoms with van der Waals surface area (Å²) in [5.41, 5.74) is 10.8. The minimum Gasteiger partial charge on any atom is -0.309 e. The van der Waals surface area contributed by atoms with Gasteiger partial charge in [0, 0.05) is 38.2 Å². The first kappa shape index (κ1) is 28.8. The van der Waals surface area contributed by atoms with Gasteiger partial charge in [-0.15, -0.1) is 0 Å². The summed E-state index contributed by atoms with van der Waals surface area (Å²) in [5, 5.41) is 8.23. The van der Waals surface area contributed by atoms with Gasteiger partial charge in [0.1, 0.15) is 0 Å². The molecule has 0 saturated carbocycles. The largest absolute Gasteiger partial charge is 0.309 e. The lowest BCUT2D eigenvalue weighted by Crippen LogP contribution is -2.04. The zero-order chi connectivity index (χ0) is 34.2. The van der Waals surface area contributed by atoms with Crippen LogP contribution in [0.15, 0.2) is 182 Å². The third kappa shape index (κ3) is 4.34. The second kappa shape index (κ2) is 11.2. The smallest absolute Gasteiger partial charge is 0.235 e. The molecule has 0 bridgehead atoms. The van der Waals surface area contributed by atoms with Gasteiger partial charge in [-0.25, -0.2) is 9.97 Å². The molecular formula is C48H30N4. The Morgan fingerprint density at radius 1 is 0.327 bits per heavy atom. The standard InChI is InChI=1S/C48H30N4/c1-2-12-31(13-3-1)34-24-26-42-41(29-34)47(35-23-22-32-14-4-5-15-33(32)28-35)50-48(49-42)52-45-21-11-8-18-39(45)40-30-36(25-27-46(40)52)51-43-19-9-6-16-37(43)38-17-7-10-20-44(38)51/h1-30H. The Kier molecular flexibility index (Phi) is 6.22. The molecule has 0 fully saturated rings. The molecule has 0 aliphatic rings. The first-order chi connectivity index (χ1) is 25.8. The van der Waals surface area contributed by atoms with Crippen molar-refractivity contribution in [2.24, 2.45) is 0 Å². The highest BCUT2D eigenvalue weighted by Crippen LogP contribution is 2.38. The van der Waals surface area contributed by atoms with Gasteiger partial charge in [0.05, 0.1) is 33.3 Å². The fraction of sp³-hybridized carbons (Fsp3) is 0. The molecule has 3 aromatic heterocycles. The van der Waals surface area contributed by atoms with Crippen LogP contribution in [0.5, 0.6) is 0 Å². The van der Waals surface area contributed by atoms with Crippen LogP contribution in [0.2, 0.25) is 0 Å². The maximum absolute atomic E-state index is 5.46. The van der Waals surface area contributed by atoms with Gasteiger partial charge in [-0.3, -0.25) is 4.57 Å². The Hall–Kier alpha value is -7.04. The van der Waals surface area contributed by atoms with Crippen molar-refractivity contribution in [2.45, 2.75) is 0 Å². The van der Waals surface area contributed by atoms with E-state index in [4.69, 9.17) is 9.97 Å². The average Bonchev–Trinajstić information content (AvgIpc) is 3.73. The molecular weight excluding hydrogens is 633 g/mol. The third-order valence-electron chi connectivity index (χ3n) is 10.5. The lowest BCUT2D eigenvalue weighted by atomic mass is 9.99. The number of rotatable bonds is 4.